The molecule has 0 amide bonds. The van der Waals surface area contributed by atoms with Crippen molar-refractivity contribution in [1.29, 1.82) is 0 Å². The van der Waals surface area contributed by atoms with Crippen LogP contribution in [-0.2, 0) is 21.5 Å². The highest BCUT2D eigenvalue weighted by molar-refractivity contribution is 5.83. The summed E-state index contributed by atoms with van der Waals surface area (Å²) in [6.45, 7) is 2.93. The molecule has 98 valence electrons. The number of carbonyl (C=O) groups excluding carboxylic acids is 1. The molecule has 1 aromatic carbocycles. The Balaban J connectivity index is 2.44. The standard InChI is InChI=1S/C15H21NO2/c1-3-11-16-15(14(17)18-2)10-6-8-12-7-4-5-9-13(12)15/h4-5,7,9,16H,3,6,8,10-11H2,1-2H3. The van der Waals surface area contributed by atoms with Crippen molar-refractivity contribution in [1.82, 2.24) is 5.32 Å². The van der Waals surface area contributed by atoms with E-state index in [-0.39, 0.29) is 5.97 Å². The zero-order valence-corrected chi connectivity index (χ0v) is 11.2. The molecule has 0 aromatic heterocycles. The van der Waals surface area contributed by atoms with Crippen molar-refractivity contribution < 1.29 is 9.53 Å². The number of nitrogens with one attached hydrogen (secondary N) is 1. The van der Waals surface area contributed by atoms with E-state index in [1.54, 1.807) is 0 Å². The lowest BCUT2D eigenvalue weighted by Crippen LogP contribution is -2.52. The van der Waals surface area contributed by atoms with Crippen LogP contribution < -0.4 is 5.32 Å². The smallest absolute Gasteiger partial charge is 0.330 e. The molecule has 0 saturated heterocycles. The van der Waals surface area contributed by atoms with Crippen molar-refractivity contribution in [2.75, 3.05) is 13.7 Å². The first kappa shape index (κ1) is 13.1. The van der Waals surface area contributed by atoms with Crippen LogP contribution in [0.25, 0.3) is 0 Å². The van der Waals surface area contributed by atoms with Gasteiger partial charge in [0.25, 0.3) is 0 Å². The molecule has 3 heteroatoms. The normalized spacial score (nSPS) is 22.3. The molecule has 0 heterocycles. The van der Waals surface area contributed by atoms with Gasteiger partial charge in [0.15, 0.2) is 0 Å². The fourth-order valence-electron chi connectivity index (χ4n) is 2.81. The molecule has 1 unspecified atom stereocenters. The molecule has 0 aliphatic heterocycles. The molecule has 1 aliphatic carbocycles. The zero-order valence-electron chi connectivity index (χ0n) is 11.2. The predicted octanol–water partition coefficient (Wildman–Crippen LogP) is 2.39. The van der Waals surface area contributed by atoms with Gasteiger partial charge < -0.3 is 4.74 Å². The molecule has 0 bridgehead atoms. The summed E-state index contributed by atoms with van der Waals surface area (Å²) in [6, 6.07) is 8.19. The van der Waals surface area contributed by atoms with Gasteiger partial charge in [0.05, 0.1) is 7.11 Å². The SMILES string of the molecule is CCCNC1(C(=O)OC)CCCc2ccccc21. The summed E-state index contributed by atoms with van der Waals surface area (Å²) in [5.41, 5.74) is 1.72. The Bertz CT molecular complexity index is 430. The van der Waals surface area contributed by atoms with Gasteiger partial charge in [-0.05, 0) is 43.4 Å². The zero-order chi connectivity index (χ0) is 13.0. The van der Waals surface area contributed by atoms with Crippen molar-refractivity contribution >= 4 is 5.97 Å². The Morgan fingerprint density at radius 2 is 2.22 bits per heavy atom. The van der Waals surface area contributed by atoms with Crippen LogP contribution >= 0.6 is 0 Å². The lowest BCUT2D eigenvalue weighted by Gasteiger charge is -2.37. The molecule has 2 rings (SSSR count). The van der Waals surface area contributed by atoms with Crippen LogP contribution in [0.3, 0.4) is 0 Å². The van der Waals surface area contributed by atoms with E-state index < -0.39 is 5.54 Å². The molecule has 1 N–H and O–H groups in total. The number of fused-ring (bicyclic) bond motifs is 1. The number of hydrogen-bond donors (Lipinski definition) is 1. The van der Waals surface area contributed by atoms with E-state index in [1.165, 1.54) is 12.7 Å². The van der Waals surface area contributed by atoms with Crippen LogP contribution in [0.2, 0.25) is 0 Å². The molecule has 0 spiro atoms. The number of benzene rings is 1. The summed E-state index contributed by atoms with van der Waals surface area (Å²) >= 11 is 0. The summed E-state index contributed by atoms with van der Waals surface area (Å²) in [7, 11) is 1.47. The van der Waals surface area contributed by atoms with Crippen molar-refractivity contribution in [3.05, 3.63) is 35.4 Å². The highest BCUT2D eigenvalue weighted by Gasteiger charge is 2.43. The molecule has 0 fully saturated rings. The molecule has 1 atom stereocenters. The second-order valence-electron chi connectivity index (χ2n) is 4.83. The number of carbonyl (C=O) groups is 1. The molecule has 0 radical (unpaired) electrons. The summed E-state index contributed by atoms with van der Waals surface area (Å²) < 4.78 is 5.05. The number of ether oxygens (including phenoxy) is 1. The summed E-state index contributed by atoms with van der Waals surface area (Å²) in [5, 5.41) is 3.42. The van der Waals surface area contributed by atoms with Crippen molar-refractivity contribution in [3.63, 3.8) is 0 Å². The van der Waals surface area contributed by atoms with E-state index >= 15 is 0 Å². The van der Waals surface area contributed by atoms with Gasteiger partial charge in [0, 0.05) is 0 Å². The highest BCUT2D eigenvalue weighted by atomic mass is 16.5. The van der Waals surface area contributed by atoms with Gasteiger partial charge >= 0.3 is 5.97 Å². The number of hydrogen-bond acceptors (Lipinski definition) is 3. The molecule has 3 nitrogen and oxygen atoms in total. The predicted molar refractivity (Wildman–Crippen MR) is 71.4 cm³/mol. The molecule has 1 aliphatic rings. The maximum atomic E-state index is 12.3. The Kier molecular flexibility index (Phi) is 4.02. The molecular formula is C15H21NO2. The molecule has 1 aromatic rings. The Labute approximate surface area is 109 Å². The van der Waals surface area contributed by atoms with Gasteiger partial charge in [-0.3, -0.25) is 5.32 Å². The van der Waals surface area contributed by atoms with Gasteiger partial charge in [0.1, 0.15) is 5.54 Å². The van der Waals surface area contributed by atoms with Gasteiger partial charge in [-0.1, -0.05) is 31.2 Å². The lowest BCUT2D eigenvalue weighted by molar-refractivity contribution is -0.150. The minimum atomic E-state index is -0.639. The Morgan fingerprint density at radius 3 is 2.94 bits per heavy atom. The van der Waals surface area contributed by atoms with Gasteiger partial charge in [-0.2, -0.15) is 0 Å². The van der Waals surface area contributed by atoms with Crippen LogP contribution in [0.4, 0.5) is 0 Å². The minimum Gasteiger partial charge on any atom is -0.467 e. The Morgan fingerprint density at radius 1 is 1.44 bits per heavy atom. The van der Waals surface area contributed by atoms with E-state index in [0.717, 1.165) is 37.8 Å². The fraction of sp³-hybridized carbons (Fsp3) is 0.533. The third-order valence-electron chi connectivity index (χ3n) is 3.69. The van der Waals surface area contributed by atoms with E-state index in [2.05, 4.69) is 18.3 Å². The molecule has 18 heavy (non-hydrogen) atoms. The third kappa shape index (κ3) is 2.15. The second kappa shape index (κ2) is 5.53. The van der Waals surface area contributed by atoms with Crippen molar-refractivity contribution in [2.45, 2.75) is 38.1 Å². The number of esters is 1. The van der Waals surface area contributed by atoms with Gasteiger partial charge in [0.2, 0.25) is 0 Å². The van der Waals surface area contributed by atoms with Crippen molar-refractivity contribution in [2.24, 2.45) is 0 Å². The van der Waals surface area contributed by atoms with Crippen LogP contribution in [0.1, 0.15) is 37.3 Å². The average molecular weight is 247 g/mol. The largest absolute Gasteiger partial charge is 0.467 e. The van der Waals surface area contributed by atoms with Gasteiger partial charge in [-0.25, -0.2) is 4.79 Å². The number of methoxy groups -OCH3 is 1. The second-order valence-corrected chi connectivity index (χ2v) is 4.83. The van der Waals surface area contributed by atoms with E-state index in [0.29, 0.717) is 0 Å². The maximum absolute atomic E-state index is 12.3. The molecular weight excluding hydrogens is 226 g/mol. The van der Waals surface area contributed by atoms with E-state index in [1.807, 2.05) is 18.2 Å². The summed E-state index contributed by atoms with van der Waals surface area (Å²) in [6.07, 6.45) is 3.88. The van der Waals surface area contributed by atoms with Crippen LogP contribution in [0, 0.1) is 0 Å². The summed E-state index contributed by atoms with van der Waals surface area (Å²) in [4.78, 5) is 12.3. The minimum absolute atomic E-state index is 0.164. The first-order valence-electron chi connectivity index (χ1n) is 6.66. The first-order chi connectivity index (χ1) is 8.74. The van der Waals surface area contributed by atoms with E-state index in [9.17, 15) is 4.79 Å². The third-order valence-corrected chi connectivity index (χ3v) is 3.69. The van der Waals surface area contributed by atoms with Crippen LogP contribution in [-0.4, -0.2) is 19.6 Å². The van der Waals surface area contributed by atoms with Crippen LogP contribution in [0.5, 0.6) is 0 Å². The fourth-order valence-corrected chi connectivity index (χ4v) is 2.81. The Hall–Kier alpha value is -1.35. The first-order valence-corrected chi connectivity index (χ1v) is 6.66. The topological polar surface area (TPSA) is 38.3 Å². The lowest BCUT2D eigenvalue weighted by atomic mass is 9.76. The molecule has 0 saturated carbocycles. The maximum Gasteiger partial charge on any atom is 0.330 e. The quantitative estimate of drug-likeness (QED) is 0.830. The van der Waals surface area contributed by atoms with Crippen LogP contribution in [0.15, 0.2) is 24.3 Å². The summed E-state index contributed by atoms with van der Waals surface area (Å²) in [5.74, 6) is -0.164. The number of rotatable bonds is 4. The van der Waals surface area contributed by atoms with E-state index in [4.69, 9.17) is 4.74 Å². The van der Waals surface area contributed by atoms with Crippen molar-refractivity contribution in [3.8, 4) is 0 Å². The number of aryl methyl sites for hydroxylation is 1. The average Bonchev–Trinajstić information content (AvgIpc) is 2.44. The monoisotopic (exact) mass is 247 g/mol. The highest BCUT2D eigenvalue weighted by Crippen LogP contribution is 2.36. The van der Waals surface area contributed by atoms with Gasteiger partial charge in [-0.15, -0.1) is 0 Å².